The molecule has 2 saturated heterocycles. The number of para-hydroxylation sites is 2. The van der Waals surface area contributed by atoms with E-state index in [0.29, 0.717) is 23.6 Å². The average Bonchev–Trinajstić information content (AvgIpc) is 3.52. The number of morpholine rings is 1. The van der Waals surface area contributed by atoms with Gasteiger partial charge in [-0.15, -0.1) is 0 Å². The number of fused-ring (bicyclic) bond motifs is 4. The Hall–Kier alpha value is -4.18. The molecular weight excluding hydrogens is 566 g/mol. The van der Waals surface area contributed by atoms with E-state index in [1.54, 1.807) is 35.2 Å². The number of carbonyl (C=O) groups is 3. The van der Waals surface area contributed by atoms with Gasteiger partial charge in [0, 0.05) is 47.7 Å². The van der Waals surface area contributed by atoms with Crippen molar-refractivity contribution in [2.24, 2.45) is 0 Å². The van der Waals surface area contributed by atoms with Crippen LogP contribution in [-0.2, 0) is 16.0 Å². The summed E-state index contributed by atoms with van der Waals surface area (Å²) < 4.78 is 5.40. The lowest BCUT2D eigenvalue weighted by atomic mass is 9.89. The highest BCUT2D eigenvalue weighted by molar-refractivity contribution is 6.30. The summed E-state index contributed by atoms with van der Waals surface area (Å²) in [7, 11) is 0. The van der Waals surface area contributed by atoms with E-state index in [2.05, 4.69) is 15.2 Å². The Morgan fingerprint density at radius 3 is 2.63 bits per heavy atom. The molecular formula is C33H32ClN5O4. The summed E-state index contributed by atoms with van der Waals surface area (Å²) in [6.45, 7) is 4.60. The SMILES string of the molecule is O=C(NCCCN1CCOCC1)c1ccccc1N1C(=O)[C@@H]2Cc3c([nH]c4ccccc34)[C@@H](c3cccc(Cl)c3)N2C1=O. The number of nitrogens with one attached hydrogen (secondary N) is 2. The van der Waals surface area contributed by atoms with Crippen molar-refractivity contribution in [1.82, 2.24) is 20.1 Å². The van der Waals surface area contributed by atoms with Gasteiger partial charge < -0.3 is 15.0 Å². The van der Waals surface area contributed by atoms with Gasteiger partial charge in [0.15, 0.2) is 0 Å². The zero-order valence-corrected chi connectivity index (χ0v) is 24.3. The molecule has 0 unspecified atom stereocenters. The highest BCUT2D eigenvalue weighted by atomic mass is 35.5. The topological polar surface area (TPSA) is 98.0 Å². The third-order valence-corrected chi connectivity index (χ3v) is 8.88. The van der Waals surface area contributed by atoms with Crippen LogP contribution in [0, 0.1) is 0 Å². The standard InChI is InChI=1S/C33H32ClN5O4/c34-22-8-5-7-21(19-22)30-29-25(23-9-1-3-11-26(23)36-29)20-28-32(41)39(33(42)38(28)30)27-12-4-2-10-24(27)31(40)35-13-6-14-37-15-17-43-18-16-37/h1-5,7-12,19,28,30,36H,6,13-18,20H2,(H,35,40)/t28-,30+/m0/s1. The maximum absolute atomic E-state index is 14.3. The summed E-state index contributed by atoms with van der Waals surface area (Å²) >= 11 is 6.41. The number of imide groups is 1. The van der Waals surface area contributed by atoms with Gasteiger partial charge in [0.25, 0.3) is 11.8 Å². The van der Waals surface area contributed by atoms with Gasteiger partial charge in [-0.1, -0.05) is 54.1 Å². The number of halogens is 1. The molecule has 7 rings (SSSR count). The number of hydrogen-bond acceptors (Lipinski definition) is 5. The van der Waals surface area contributed by atoms with Crippen LogP contribution in [0.25, 0.3) is 10.9 Å². The smallest absolute Gasteiger partial charge is 0.332 e. The molecule has 0 spiro atoms. The molecule has 220 valence electrons. The van der Waals surface area contributed by atoms with Gasteiger partial charge in [-0.05, 0) is 54.4 Å². The Balaban J connectivity index is 1.19. The second kappa shape index (κ2) is 11.5. The van der Waals surface area contributed by atoms with E-state index in [1.807, 2.05) is 42.5 Å². The number of ether oxygens (including phenoxy) is 1. The van der Waals surface area contributed by atoms with Crippen LogP contribution in [0.3, 0.4) is 0 Å². The third-order valence-electron chi connectivity index (χ3n) is 8.64. The Kier molecular flexibility index (Phi) is 7.38. The highest BCUT2D eigenvalue weighted by Crippen LogP contribution is 2.45. The first-order valence-electron chi connectivity index (χ1n) is 14.7. The zero-order valence-electron chi connectivity index (χ0n) is 23.6. The molecule has 4 aromatic rings. The maximum Gasteiger partial charge on any atom is 0.332 e. The highest BCUT2D eigenvalue weighted by Gasteiger charge is 2.53. The summed E-state index contributed by atoms with van der Waals surface area (Å²) in [6, 6.07) is 20.4. The van der Waals surface area contributed by atoms with E-state index in [0.717, 1.165) is 67.0 Å². The van der Waals surface area contributed by atoms with E-state index in [9.17, 15) is 14.4 Å². The minimum absolute atomic E-state index is 0.288. The molecule has 4 amide bonds. The maximum atomic E-state index is 14.3. The summed E-state index contributed by atoms with van der Waals surface area (Å²) in [5, 5.41) is 4.56. The fourth-order valence-corrected chi connectivity index (χ4v) is 6.80. The van der Waals surface area contributed by atoms with Gasteiger partial charge in [-0.2, -0.15) is 0 Å². The number of rotatable bonds is 7. The van der Waals surface area contributed by atoms with Crippen molar-refractivity contribution in [3.8, 4) is 0 Å². The Morgan fingerprint density at radius 2 is 1.79 bits per heavy atom. The number of urea groups is 1. The molecule has 3 aromatic carbocycles. The van der Waals surface area contributed by atoms with Crippen LogP contribution < -0.4 is 10.2 Å². The molecule has 0 aliphatic carbocycles. The Labute approximate surface area is 254 Å². The molecule has 43 heavy (non-hydrogen) atoms. The molecule has 0 radical (unpaired) electrons. The third kappa shape index (κ3) is 4.97. The van der Waals surface area contributed by atoms with Crippen LogP contribution in [0.4, 0.5) is 10.5 Å². The van der Waals surface area contributed by atoms with Crippen LogP contribution in [0.15, 0.2) is 72.8 Å². The molecule has 3 aliphatic rings. The molecule has 3 aliphatic heterocycles. The molecule has 1 aromatic heterocycles. The quantitative estimate of drug-likeness (QED) is 0.237. The second-order valence-corrected chi connectivity index (χ2v) is 11.6. The van der Waals surface area contributed by atoms with Gasteiger partial charge >= 0.3 is 6.03 Å². The molecule has 10 heteroatoms. The predicted molar refractivity (Wildman–Crippen MR) is 164 cm³/mol. The van der Waals surface area contributed by atoms with E-state index >= 15 is 0 Å². The predicted octanol–water partition coefficient (Wildman–Crippen LogP) is 4.76. The number of anilines is 1. The number of nitrogens with zero attached hydrogens (tertiary/aromatic N) is 3. The largest absolute Gasteiger partial charge is 0.379 e. The van der Waals surface area contributed by atoms with Gasteiger partial charge in [-0.25, -0.2) is 9.69 Å². The molecule has 0 bridgehead atoms. The van der Waals surface area contributed by atoms with E-state index in [4.69, 9.17) is 16.3 Å². The number of H-pyrrole nitrogens is 1. The fraction of sp³-hybridized carbons (Fsp3) is 0.303. The van der Waals surface area contributed by atoms with Crippen LogP contribution in [0.2, 0.25) is 5.02 Å². The normalized spacial score (nSPS) is 20.4. The number of aromatic nitrogens is 1. The van der Waals surface area contributed by atoms with Crippen molar-refractivity contribution in [2.75, 3.05) is 44.3 Å². The van der Waals surface area contributed by atoms with E-state index < -0.39 is 18.1 Å². The molecule has 2 N–H and O–H groups in total. The fourth-order valence-electron chi connectivity index (χ4n) is 6.60. The van der Waals surface area contributed by atoms with E-state index in [1.165, 1.54) is 4.90 Å². The van der Waals surface area contributed by atoms with Gasteiger partial charge in [0.2, 0.25) is 0 Å². The first-order chi connectivity index (χ1) is 21.0. The summed E-state index contributed by atoms with van der Waals surface area (Å²) in [6.07, 6.45) is 1.16. The van der Waals surface area contributed by atoms with Crippen molar-refractivity contribution in [3.63, 3.8) is 0 Å². The minimum Gasteiger partial charge on any atom is -0.379 e. The summed E-state index contributed by atoms with van der Waals surface area (Å²) in [4.78, 5) is 50.5. The lowest BCUT2D eigenvalue weighted by molar-refractivity contribution is -0.120. The number of hydrogen-bond donors (Lipinski definition) is 2. The number of amides is 4. The van der Waals surface area contributed by atoms with Crippen molar-refractivity contribution in [2.45, 2.75) is 24.9 Å². The first-order valence-corrected chi connectivity index (χ1v) is 15.1. The monoisotopic (exact) mass is 597 g/mol. The summed E-state index contributed by atoms with van der Waals surface area (Å²) in [5.41, 5.74) is 4.21. The van der Waals surface area contributed by atoms with Crippen molar-refractivity contribution < 1.29 is 19.1 Å². The van der Waals surface area contributed by atoms with E-state index in [-0.39, 0.29) is 17.5 Å². The average molecular weight is 598 g/mol. The Morgan fingerprint density at radius 1 is 1.00 bits per heavy atom. The number of aromatic amines is 1. The molecule has 0 saturated carbocycles. The van der Waals surface area contributed by atoms with Crippen LogP contribution >= 0.6 is 11.6 Å². The summed E-state index contributed by atoms with van der Waals surface area (Å²) in [5.74, 6) is -0.661. The zero-order chi connectivity index (χ0) is 29.5. The first kappa shape index (κ1) is 27.6. The molecule has 2 fully saturated rings. The van der Waals surface area contributed by atoms with Gasteiger partial charge in [-0.3, -0.25) is 19.4 Å². The molecule has 4 heterocycles. The number of benzene rings is 3. The van der Waals surface area contributed by atoms with Gasteiger partial charge in [0.1, 0.15) is 12.1 Å². The number of carbonyl (C=O) groups excluding carboxylic acids is 3. The lowest BCUT2D eigenvalue weighted by Crippen LogP contribution is -2.44. The Bertz CT molecular complexity index is 1710. The van der Waals surface area contributed by atoms with Gasteiger partial charge in [0.05, 0.1) is 24.5 Å². The van der Waals surface area contributed by atoms with Crippen molar-refractivity contribution >= 4 is 46.0 Å². The lowest BCUT2D eigenvalue weighted by Gasteiger charge is -2.36. The van der Waals surface area contributed by atoms with Crippen molar-refractivity contribution in [3.05, 3.63) is 100 Å². The molecule has 9 nitrogen and oxygen atoms in total. The van der Waals surface area contributed by atoms with Crippen LogP contribution in [-0.4, -0.2) is 78.1 Å². The van der Waals surface area contributed by atoms with Crippen LogP contribution in [0.1, 0.15) is 39.6 Å². The second-order valence-electron chi connectivity index (χ2n) is 11.2. The van der Waals surface area contributed by atoms with Crippen molar-refractivity contribution in [1.29, 1.82) is 0 Å². The van der Waals surface area contributed by atoms with Crippen LogP contribution in [0.5, 0.6) is 0 Å². The molecule has 2 atom stereocenters. The minimum atomic E-state index is -0.729.